The molecule has 0 bridgehead atoms. The van der Waals surface area contributed by atoms with Gasteiger partial charge in [-0.2, -0.15) is 0 Å². The molecule has 0 radical (unpaired) electrons. The number of amides is 1. The maximum absolute atomic E-state index is 13.0. The number of hydrogen-bond acceptors (Lipinski definition) is 3. The minimum Gasteiger partial charge on any atom is -0.465 e. The zero-order chi connectivity index (χ0) is 21.1. The summed E-state index contributed by atoms with van der Waals surface area (Å²) in [6.07, 6.45) is 7.71. The van der Waals surface area contributed by atoms with E-state index in [0.29, 0.717) is 29.0 Å². The van der Waals surface area contributed by atoms with Gasteiger partial charge in [-0.05, 0) is 60.6 Å². The molecule has 1 amide bonds. The average Bonchev–Trinajstić information content (AvgIpc) is 3.15. The molecule has 1 heterocycles. The summed E-state index contributed by atoms with van der Waals surface area (Å²) in [7, 11) is 1.37. The topological polar surface area (TPSA) is 46.6 Å². The van der Waals surface area contributed by atoms with Crippen LogP contribution in [-0.2, 0) is 16.0 Å². The molecule has 1 aliphatic heterocycles. The van der Waals surface area contributed by atoms with Crippen molar-refractivity contribution in [1.82, 2.24) is 4.90 Å². The summed E-state index contributed by atoms with van der Waals surface area (Å²) < 4.78 is 4.74. The van der Waals surface area contributed by atoms with Gasteiger partial charge in [-0.1, -0.05) is 55.1 Å². The molecule has 1 unspecified atom stereocenters. The van der Waals surface area contributed by atoms with Crippen molar-refractivity contribution in [3.05, 3.63) is 58.6 Å². The summed E-state index contributed by atoms with van der Waals surface area (Å²) in [5, 5.41) is 0.688. The number of likely N-dealkylation sites (tertiary alicyclic amines) is 1. The summed E-state index contributed by atoms with van der Waals surface area (Å²) in [4.78, 5) is 26.7. The van der Waals surface area contributed by atoms with Crippen molar-refractivity contribution >= 4 is 23.5 Å². The molecule has 0 N–H and O–H groups in total. The molecule has 0 aromatic heterocycles. The fraction of sp³-hybridized carbons (Fsp3) is 0.440. The Labute approximate surface area is 183 Å². The maximum atomic E-state index is 13.0. The lowest BCUT2D eigenvalue weighted by molar-refractivity contribution is -0.133. The maximum Gasteiger partial charge on any atom is 0.337 e. The molecule has 158 valence electrons. The number of rotatable bonds is 5. The van der Waals surface area contributed by atoms with Gasteiger partial charge in [-0.25, -0.2) is 4.79 Å². The van der Waals surface area contributed by atoms with Crippen molar-refractivity contribution in [3.8, 4) is 11.1 Å². The van der Waals surface area contributed by atoms with E-state index in [4.69, 9.17) is 16.3 Å². The molecule has 0 spiro atoms. The van der Waals surface area contributed by atoms with Crippen LogP contribution in [0.5, 0.6) is 0 Å². The van der Waals surface area contributed by atoms with E-state index in [-0.39, 0.29) is 11.9 Å². The second-order valence-corrected chi connectivity index (χ2v) is 8.80. The van der Waals surface area contributed by atoms with E-state index in [1.165, 1.54) is 26.4 Å². The van der Waals surface area contributed by atoms with Crippen LogP contribution < -0.4 is 0 Å². The molecule has 1 atom stereocenters. The van der Waals surface area contributed by atoms with Crippen molar-refractivity contribution < 1.29 is 14.3 Å². The van der Waals surface area contributed by atoms with Crippen LogP contribution >= 0.6 is 11.6 Å². The first kappa shape index (κ1) is 20.9. The quantitative estimate of drug-likeness (QED) is 0.593. The van der Waals surface area contributed by atoms with Crippen LogP contribution in [0.1, 0.15) is 54.4 Å². The Hall–Kier alpha value is -2.33. The van der Waals surface area contributed by atoms with Crippen LogP contribution in [0.4, 0.5) is 0 Å². The Balaban J connectivity index is 1.43. The molecule has 2 aromatic carbocycles. The molecule has 2 aromatic rings. The standard InChI is InChI=1S/C25H28ClNO3/c1-30-25(29)18-9-7-17(8-10-18)19-11-12-20(23(26)16-19)15-21-13-14-27(24(21)28)22-5-3-2-4-6-22/h7-12,16,21-22H,2-6,13-15H2,1H3. The lowest BCUT2D eigenvalue weighted by Crippen LogP contribution is -2.39. The van der Waals surface area contributed by atoms with E-state index >= 15 is 0 Å². The molecule has 1 saturated carbocycles. The van der Waals surface area contributed by atoms with Crippen LogP contribution in [0.3, 0.4) is 0 Å². The smallest absolute Gasteiger partial charge is 0.337 e. The van der Waals surface area contributed by atoms with E-state index in [1.807, 2.05) is 30.3 Å². The predicted molar refractivity (Wildman–Crippen MR) is 119 cm³/mol. The number of hydrogen-bond donors (Lipinski definition) is 0. The van der Waals surface area contributed by atoms with Crippen LogP contribution in [-0.4, -0.2) is 36.5 Å². The predicted octanol–water partition coefficient (Wildman–Crippen LogP) is 5.52. The fourth-order valence-electron chi connectivity index (χ4n) is 4.78. The number of halogens is 1. The Morgan fingerprint density at radius 2 is 1.73 bits per heavy atom. The molecule has 2 fully saturated rings. The first-order valence-electron chi connectivity index (χ1n) is 10.8. The SMILES string of the molecule is COC(=O)c1ccc(-c2ccc(CC3CCN(C4CCCCC4)C3=O)c(Cl)c2)cc1. The Morgan fingerprint density at radius 1 is 1.03 bits per heavy atom. The van der Waals surface area contributed by atoms with E-state index in [0.717, 1.165) is 42.5 Å². The van der Waals surface area contributed by atoms with Crippen LogP contribution in [0.15, 0.2) is 42.5 Å². The Bertz CT molecular complexity index is 918. The summed E-state index contributed by atoms with van der Waals surface area (Å²) in [5.41, 5.74) is 3.51. The van der Waals surface area contributed by atoms with Crippen molar-refractivity contribution in [2.75, 3.05) is 13.7 Å². The van der Waals surface area contributed by atoms with Crippen LogP contribution in [0, 0.1) is 5.92 Å². The summed E-state index contributed by atoms with van der Waals surface area (Å²) >= 11 is 6.60. The van der Waals surface area contributed by atoms with Gasteiger partial charge in [0.2, 0.25) is 5.91 Å². The second kappa shape index (κ2) is 9.22. The van der Waals surface area contributed by atoms with Gasteiger partial charge in [0.25, 0.3) is 0 Å². The lowest BCUT2D eigenvalue weighted by atomic mass is 9.93. The third-order valence-electron chi connectivity index (χ3n) is 6.52. The van der Waals surface area contributed by atoms with Gasteiger partial charge in [0.05, 0.1) is 12.7 Å². The molecular weight excluding hydrogens is 398 g/mol. The van der Waals surface area contributed by atoms with Gasteiger partial charge in [-0.15, -0.1) is 0 Å². The molecule has 1 aliphatic carbocycles. The summed E-state index contributed by atoms with van der Waals surface area (Å²) in [6, 6.07) is 13.7. The highest BCUT2D eigenvalue weighted by Gasteiger charge is 2.36. The summed E-state index contributed by atoms with van der Waals surface area (Å²) in [5.74, 6) is -0.00603. The largest absolute Gasteiger partial charge is 0.465 e. The molecule has 2 aliphatic rings. The highest BCUT2D eigenvalue weighted by Crippen LogP contribution is 2.33. The number of methoxy groups -OCH3 is 1. The Kier molecular flexibility index (Phi) is 6.43. The molecule has 4 rings (SSSR count). The van der Waals surface area contributed by atoms with Gasteiger partial charge in [0.15, 0.2) is 0 Å². The number of carbonyl (C=O) groups is 2. The zero-order valence-electron chi connectivity index (χ0n) is 17.4. The molecule has 5 heteroatoms. The van der Waals surface area contributed by atoms with Gasteiger partial charge >= 0.3 is 5.97 Å². The van der Waals surface area contributed by atoms with Crippen molar-refractivity contribution in [1.29, 1.82) is 0 Å². The number of carbonyl (C=O) groups excluding carboxylic acids is 2. The van der Waals surface area contributed by atoms with E-state index < -0.39 is 0 Å². The minimum absolute atomic E-state index is 0.0367. The highest BCUT2D eigenvalue weighted by molar-refractivity contribution is 6.31. The minimum atomic E-state index is -0.349. The van der Waals surface area contributed by atoms with Gasteiger partial charge in [0, 0.05) is 23.5 Å². The number of esters is 1. The van der Waals surface area contributed by atoms with E-state index in [2.05, 4.69) is 4.90 Å². The van der Waals surface area contributed by atoms with Crippen molar-refractivity contribution in [2.45, 2.75) is 51.0 Å². The van der Waals surface area contributed by atoms with Crippen LogP contribution in [0.25, 0.3) is 11.1 Å². The molecule has 30 heavy (non-hydrogen) atoms. The number of nitrogens with zero attached hydrogens (tertiary/aromatic N) is 1. The van der Waals surface area contributed by atoms with Gasteiger partial charge < -0.3 is 9.64 Å². The Morgan fingerprint density at radius 3 is 2.40 bits per heavy atom. The zero-order valence-corrected chi connectivity index (χ0v) is 18.2. The monoisotopic (exact) mass is 425 g/mol. The number of benzene rings is 2. The highest BCUT2D eigenvalue weighted by atomic mass is 35.5. The number of ether oxygens (including phenoxy) is 1. The molecule has 1 saturated heterocycles. The van der Waals surface area contributed by atoms with E-state index in [1.54, 1.807) is 12.1 Å². The summed E-state index contributed by atoms with van der Waals surface area (Å²) in [6.45, 7) is 0.885. The first-order valence-corrected chi connectivity index (χ1v) is 11.2. The van der Waals surface area contributed by atoms with Gasteiger partial charge in [0.1, 0.15) is 0 Å². The average molecular weight is 426 g/mol. The molecular formula is C25H28ClNO3. The third kappa shape index (κ3) is 4.39. The van der Waals surface area contributed by atoms with Crippen molar-refractivity contribution in [3.63, 3.8) is 0 Å². The first-order chi connectivity index (χ1) is 14.6. The second-order valence-electron chi connectivity index (χ2n) is 8.39. The third-order valence-corrected chi connectivity index (χ3v) is 6.88. The van der Waals surface area contributed by atoms with Crippen molar-refractivity contribution in [2.24, 2.45) is 5.92 Å². The van der Waals surface area contributed by atoms with E-state index in [9.17, 15) is 9.59 Å². The van der Waals surface area contributed by atoms with Gasteiger partial charge in [-0.3, -0.25) is 4.79 Å². The van der Waals surface area contributed by atoms with Crippen LogP contribution in [0.2, 0.25) is 5.02 Å². The lowest BCUT2D eigenvalue weighted by Gasteiger charge is -2.31. The fourth-order valence-corrected chi connectivity index (χ4v) is 5.04. The normalized spacial score (nSPS) is 19.9. The molecule has 4 nitrogen and oxygen atoms in total.